The molecule has 26 heavy (non-hydrogen) atoms. The van der Waals surface area contributed by atoms with Gasteiger partial charge in [0.25, 0.3) is 0 Å². The van der Waals surface area contributed by atoms with Crippen molar-refractivity contribution in [1.82, 2.24) is 9.55 Å². The zero-order valence-corrected chi connectivity index (χ0v) is 16.2. The minimum absolute atomic E-state index is 0.105. The maximum Gasteiger partial charge on any atom is 0.232 e. The Morgan fingerprint density at radius 3 is 2.88 bits per heavy atom. The second kappa shape index (κ2) is 8.04. The van der Waals surface area contributed by atoms with Crippen molar-refractivity contribution in [1.29, 1.82) is 0 Å². The molecule has 0 unspecified atom stereocenters. The van der Waals surface area contributed by atoms with Crippen LogP contribution in [0.1, 0.15) is 57.0 Å². The predicted octanol–water partition coefficient (Wildman–Crippen LogP) is 4.16. The summed E-state index contributed by atoms with van der Waals surface area (Å²) in [4.78, 5) is 19.7. The van der Waals surface area contributed by atoms with E-state index in [1.807, 2.05) is 31.4 Å². The Kier molecular flexibility index (Phi) is 5.77. The van der Waals surface area contributed by atoms with Crippen molar-refractivity contribution < 1.29 is 9.53 Å². The number of hydrogen-bond acceptors (Lipinski definition) is 3. The Balaban J connectivity index is 1.90. The molecule has 2 heterocycles. The van der Waals surface area contributed by atoms with Crippen molar-refractivity contribution in [2.24, 2.45) is 5.92 Å². The number of carbonyl (C=O) groups excluding carboxylic acids is 1. The topological polar surface area (TPSA) is 47.4 Å². The first-order valence-electron chi connectivity index (χ1n) is 9.53. The second-order valence-electron chi connectivity index (χ2n) is 7.22. The number of nitrogens with zero attached hydrogens (tertiary/aromatic N) is 3. The van der Waals surface area contributed by atoms with Crippen LogP contribution in [-0.2, 0) is 16.1 Å². The third kappa shape index (κ3) is 3.54. The SMILES string of the molecule is CCn1ccnc1[C@@H]1OCCC[C@H]1C(=O)N(C)c1ccccc1C(C)C. The van der Waals surface area contributed by atoms with Gasteiger partial charge >= 0.3 is 0 Å². The van der Waals surface area contributed by atoms with Gasteiger partial charge in [0.15, 0.2) is 0 Å². The van der Waals surface area contributed by atoms with Crippen LogP contribution in [0.3, 0.4) is 0 Å². The maximum absolute atomic E-state index is 13.4. The molecule has 1 saturated heterocycles. The highest BCUT2D eigenvalue weighted by Gasteiger charge is 2.37. The fraction of sp³-hybridized carbons (Fsp3) is 0.524. The van der Waals surface area contributed by atoms with E-state index in [-0.39, 0.29) is 17.9 Å². The van der Waals surface area contributed by atoms with Gasteiger partial charge in [-0.3, -0.25) is 4.79 Å². The van der Waals surface area contributed by atoms with Gasteiger partial charge in [0.1, 0.15) is 11.9 Å². The van der Waals surface area contributed by atoms with Crippen LogP contribution in [0.4, 0.5) is 5.69 Å². The van der Waals surface area contributed by atoms with Crippen molar-refractivity contribution in [2.75, 3.05) is 18.6 Å². The number of ether oxygens (including phenoxy) is 1. The zero-order valence-electron chi connectivity index (χ0n) is 16.2. The Labute approximate surface area is 156 Å². The van der Waals surface area contributed by atoms with E-state index in [4.69, 9.17) is 4.74 Å². The van der Waals surface area contributed by atoms with Gasteiger partial charge in [-0.05, 0) is 37.3 Å². The highest BCUT2D eigenvalue weighted by molar-refractivity contribution is 5.95. The Hall–Kier alpha value is -2.14. The average molecular weight is 355 g/mol. The fourth-order valence-corrected chi connectivity index (χ4v) is 3.78. The minimum atomic E-state index is -0.278. The van der Waals surface area contributed by atoms with Crippen LogP contribution in [-0.4, -0.2) is 29.1 Å². The van der Waals surface area contributed by atoms with Gasteiger partial charge in [-0.1, -0.05) is 32.0 Å². The van der Waals surface area contributed by atoms with Gasteiger partial charge in [-0.15, -0.1) is 0 Å². The molecule has 140 valence electrons. The second-order valence-corrected chi connectivity index (χ2v) is 7.22. The predicted molar refractivity (Wildman–Crippen MR) is 103 cm³/mol. The van der Waals surface area contributed by atoms with Gasteiger partial charge < -0.3 is 14.2 Å². The number of aromatic nitrogens is 2. The third-order valence-corrected chi connectivity index (χ3v) is 5.23. The van der Waals surface area contributed by atoms with E-state index >= 15 is 0 Å². The summed E-state index contributed by atoms with van der Waals surface area (Å²) in [5.74, 6) is 1.12. The van der Waals surface area contributed by atoms with E-state index in [0.717, 1.165) is 30.9 Å². The molecule has 5 nitrogen and oxygen atoms in total. The lowest BCUT2D eigenvalue weighted by Crippen LogP contribution is -2.40. The normalized spacial score (nSPS) is 20.3. The van der Waals surface area contributed by atoms with Crippen LogP contribution in [0.15, 0.2) is 36.7 Å². The summed E-state index contributed by atoms with van der Waals surface area (Å²) in [5, 5.41) is 0. The lowest BCUT2D eigenvalue weighted by molar-refractivity contribution is -0.132. The molecule has 0 radical (unpaired) electrons. The molecule has 1 amide bonds. The summed E-state index contributed by atoms with van der Waals surface area (Å²) in [6.07, 6.45) is 5.19. The average Bonchev–Trinajstić information content (AvgIpc) is 3.15. The molecule has 1 aliphatic heterocycles. The van der Waals surface area contributed by atoms with Crippen molar-refractivity contribution in [3.05, 3.63) is 48.0 Å². The first-order valence-corrected chi connectivity index (χ1v) is 9.53. The van der Waals surface area contributed by atoms with E-state index in [0.29, 0.717) is 12.5 Å². The fourth-order valence-electron chi connectivity index (χ4n) is 3.78. The van der Waals surface area contributed by atoms with E-state index in [2.05, 4.69) is 36.4 Å². The molecular weight excluding hydrogens is 326 g/mol. The quantitative estimate of drug-likeness (QED) is 0.809. The number of hydrogen-bond donors (Lipinski definition) is 0. The standard InChI is InChI=1S/C21H29N3O2/c1-5-24-13-12-22-20(24)19-17(10-8-14-26-19)21(25)23(4)18-11-7-6-9-16(18)15(2)3/h6-7,9,11-13,15,17,19H,5,8,10,14H2,1-4H3/t17-,19-/m1/s1. The summed E-state index contributed by atoms with van der Waals surface area (Å²) in [5.41, 5.74) is 2.17. The van der Waals surface area contributed by atoms with Crippen molar-refractivity contribution in [3.63, 3.8) is 0 Å². The number of aryl methyl sites for hydroxylation is 1. The summed E-state index contributed by atoms with van der Waals surface area (Å²) >= 11 is 0. The monoisotopic (exact) mass is 355 g/mol. The highest BCUT2D eigenvalue weighted by atomic mass is 16.5. The molecule has 0 N–H and O–H groups in total. The molecule has 1 aliphatic rings. The van der Waals surface area contributed by atoms with Gasteiger partial charge in [-0.25, -0.2) is 4.98 Å². The van der Waals surface area contributed by atoms with Crippen LogP contribution in [0, 0.1) is 5.92 Å². The minimum Gasteiger partial charge on any atom is -0.369 e. The molecule has 2 aromatic rings. The van der Waals surface area contributed by atoms with Gasteiger partial charge in [0.05, 0.1) is 5.92 Å². The van der Waals surface area contributed by atoms with Crippen molar-refractivity contribution in [3.8, 4) is 0 Å². The molecule has 1 fully saturated rings. The van der Waals surface area contributed by atoms with Crippen molar-refractivity contribution in [2.45, 2.75) is 52.2 Å². The number of para-hydroxylation sites is 1. The van der Waals surface area contributed by atoms with E-state index in [1.165, 1.54) is 5.56 Å². The molecule has 1 aromatic heterocycles. The van der Waals surface area contributed by atoms with Crippen LogP contribution in [0.25, 0.3) is 0 Å². The number of anilines is 1. The van der Waals surface area contributed by atoms with E-state index < -0.39 is 0 Å². The van der Waals surface area contributed by atoms with Gasteiger partial charge in [-0.2, -0.15) is 0 Å². The summed E-state index contributed by atoms with van der Waals surface area (Å²) < 4.78 is 8.10. The summed E-state index contributed by atoms with van der Waals surface area (Å²) in [6, 6.07) is 8.15. The number of carbonyl (C=O) groups is 1. The molecule has 0 saturated carbocycles. The van der Waals surface area contributed by atoms with Crippen LogP contribution in [0.5, 0.6) is 0 Å². The number of amides is 1. The first-order chi connectivity index (χ1) is 12.5. The first kappa shape index (κ1) is 18.6. The third-order valence-electron chi connectivity index (χ3n) is 5.23. The van der Waals surface area contributed by atoms with E-state index in [9.17, 15) is 4.79 Å². The molecule has 1 aromatic carbocycles. The lowest BCUT2D eigenvalue weighted by Gasteiger charge is -2.34. The highest BCUT2D eigenvalue weighted by Crippen LogP contribution is 2.36. The molecule has 0 spiro atoms. The van der Waals surface area contributed by atoms with Crippen molar-refractivity contribution >= 4 is 11.6 Å². The van der Waals surface area contributed by atoms with Gasteiger partial charge in [0.2, 0.25) is 5.91 Å². The largest absolute Gasteiger partial charge is 0.369 e. The summed E-state index contributed by atoms with van der Waals surface area (Å²) in [7, 11) is 1.88. The lowest BCUT2D eigenvalue weighted by atomic mass is 9.91. The number of rotatable bonds is 5. The number of imidazole rings is 1. The summed E-state index contributed by atoms with van der Waals surface area (Å²) in [6.45, 7) is 7.89. The van der Waals surface area contributed by atoms with E-state index in [1.54, 1.807) is 11.1 Å². The molecule has 3 rings (SSSR count). The Bertz CT molecular complexity index is 753. The van der Waals surface area contributed by atoms with Gasteiger partial charge in [0, 0.05) is 38.3 Å². The Morgan fingerprint density at radius 2 is 2.15 bits per heavy atom. The smallest absolute Gasteiger partial charge is 0.232 e. The zero-order chi connectivity index (χ0) is 18.7. The Morgan fingerprint density at radius 1 is 1.38 bits per heavy atom. The van der Waals surface area contributed by atoms with Crippen LogP contribution < -0.4 is 4.90 Å². The molecular formula is C21H29N3O2. The molecule has 2 atom stereocenters. The number of benzene rings is 1. The van der Waals surface area contributed by atoms with Crippen LogP contribution in [0.2, 0.25) is 0 Å². The van der Waals surface area contributed by atoms with Crippen LogP contribution >= 0.6 is 0 Å². The molecule has 5 heteroatoms. The maximum atomic E-state index is 13.4. The molecule has 0 bridgehead atoms. The molecule has 0 aliphatic carbocycles.